The first-order chi connectivity index (χ1) is 7.96. The van der Waals surface area contributed by atoms with E-state index in [1.165, 1.54) is 0 Å². The van der Waals surface area contributed by atoms with Crippen LogP contribution in [0.2, 0.25) is 0 Å². The van der Waals surface area contributed by atoms with E-state index in [4.69, 9.17) is 5.11 Å². The van der Waals surface area contributed by atoms with Crippen molar-refractivity contribution in [3.63, 3.8) is 0 Å². The van der Waals surface area contributed by atoms with E-state index in [9.17, 15) is 13.2 Å². The molecule has 1 atom stereocenters. The quantitative estimate of drug-likeness (QED) is 0.840. The van der Waals surface area contributed by atoms with Crippen molar-refractivity contribution in [2.24, 2.45) is 0 Å². The van der Waals surface area contributed by atoms with Gasteiger partial charge in [0.05, 0.1) is 11.7 Å². The van der Waals surface area contributed by atoms with Crippen LogP contribution in [0.1, 0.15) is 24.8 Å². The normalized spacial score (nSPS) is 13.2. The smallest absolute Gasteiger partial charge is 0.311 e. The number of carboxylic acids is 1. The molecular formula is C12H16O4S. The second kappa shape index (κ2) is 5.82. The standard InChI is InChI=1S/C12H16O4S/c1-2-17(15,16)9-8-11(12(13)14)10-6-4-3-5-7-10/h3-7,11H,2,8-9H2,1H3,(H,13,14). The summed E-state index contributed by atoms with van der Waals surface area (Å²) in [6.07, 6.45) is 0.121. The lowest BCUT2D eigenvalue weighted by Crippen LogP contribution is -2.17. The maximum atomic E-state index is 11.4. The van der Waals surface area contributed by atoms with Crippen molar-refractivity contribution in [1.29, 1.82) is 0 Å². The van der Waals surface area contributed by atoms with E-state index in [0.29, 0.717) is 5.56 Å². The van der Waals surface area contributed by atoms with Gasteiger partial charge in [-0.25, -0.2) is 8.42 Å². The van der Waals surface area contributed by atoms with Crippen LogP contribution in [0.15, 0.2) is 30.3 Å². The Labute approximate surface area is 101 Å². The Kier molecular flexibility index (Phi) is 4.69. The Morgan fingerprint density at radius 1 is 1.29 bits per heavy atom. The van der Waals surface area contributed by atoms with Gasteiger partial charge in [-0.15, -0.1) is 0 Å². The zero-order valence-corrected chi connectivity index (χ0v) is 10.5. The molecule has 0 aliphatic rings. The van der Waals surface area contributed by atoms with Gasteiger partial charge in [0.2, 0.25) is 0 Å². The molecule has 5 heteroatoms. The predicted octanol–water partition coefficient (Wildman–Crippen LogP) is 1.68. The zero-order valence-electron chi connectivity index (χ0n) is 9.67. The van der Waals surface area contributed by atoms with Gasteiger partial charge >= 0.3 is 5.97 Å². The van der Waals surface area contributed by atoms with E-state index in [0.717, 1.165) is 0 Å². The molecule has 17 heavy (non-hydrogen) atoms. The molecule has 1 rings (SSSR count). The Morgan fingerprint density at radius 2 is 1.88 bits per heavy atom. The molecule has 0 saturated heterocycles. The Morgan fingerprint density at radius 3 is 2.35 bits per heavy atom. The summed E-state index contributed by atoms with van der Waals surface area (Å²) in [5, 5.41) is 9.10. The first-order valence-electron chi connectivity index (χ1n) is 5.44. The number of hydrogen-bond donors (Lipinski definition) is 1. The maximum Gasteiger partial charge on any atom is 0.311 e. The Bertz CT molecular complexity index is 465. The topological polar surface area (TPSA) is 71.4 Å². The molecule has 0 aromatic heterocycles. The van der Waals surface area contributed by atoms with Crippen LogP contribution in [0, 0.1) is 0 Å². The van der Waals surface area contributed by atoms with Gasteiger partial charge in [0, 0.05) is 5.75 Å². The molecule has 1 aromatic carbocycles. The van der Waals surface area contributed by atoms with E-state index >= 15 is 0 Å². The van der Waals surface area contributed by atoms with Crippen molar-refractivity contribution in [3.05, 3.63) is 35.9 Å². The summed E-state index contributed by atoms with van der Waals surface area (Å²) in [5.74, 6) is -1.77. The highest BCUT2D eigenvalue weighted by Gasteiger charge is 2.21. The van der Waals surface area contributed by atoms with Crippen molar-refractivity contribution in [1.82, 2.24) is 0 Å². The summed E-state index contributed by atoms with van der Waals surface area (Å²) in [5.41, 5.74) is 0.645. The van der Waals surface area contributed by atoms with Crippen LogP contribution in [0.25, 0.3) is 0 Å². The van der Waals surface area contributed by atoms with Crippen molar-refractivity contribution < 1.29 is 18.3 Å². The highest BCUT2D eigenvalue weighted by atomic mass is 32.2. The van der Waals surface area contributed by atoms with Gasteiger partial charge in [0.1, 0.15) is 9.84 Å². The summed E-state index contributed by atoms with van der Waals surface area (Å²) < 4.78 is 22.7. The van der Waals surface area contributed by atoms with Crippen molar-refractivity contribution in [3.8, 4) is 0 Å². The highest BCUT2D eigenvalue weighted by molar-refractivity contribution is 7.91. The molecule has 0 heterocycles. The maximum absolute atomic E-state index is 11.4. The van der Waals surface area contributed by atoms with Gasteiger partial charge < -0.3 is 5.11 Å². The second-order valence-electron chi connectivity index (χ2n) is 3.83. The van der Waals surface area contributed by atoms with Crippen molar-refractivity contribution in [2.75, 3.05) is 11.5 Å². The van der Waals surface area contributed by atoms with Crippen molar-refractivity contribution >= 4 is 15.8 Å². The molecule has 0 spiro atoms. The van der Waals surface area contributed by atoms with Gasteiger partial charge in [-0.2, -0.15) is 0 Å². The summed E-state index contributed by atoms with van der Waals surface area (Å²) in [6, 6.07) is 8.71. The van der Waals surface area contributed by atoms with Gasteiger partial charge in [-0.05, 0) is 12.0 Å². The lowest BCUT2D eigenvalue weighted by Gasteiger charge is -2.12. The largest absolute Gasteiger partial charge is 0.481 e. The minimum atomic E-state index is -3.12. The molecule has 1 aromatic rings. The lowest BCUT2D eigenvalue weighted by atomic mass is 9.97. The molecule has 1 N–H and O–H groups in total. The summed E-state index contributed by atoms with van der Waals surface area (Å²) in [4.78, 5) is 11.1. The van der Waals surface area contributed by atoms with Gasteiger partial charge in [-0.1, -0.05) is 37.3 Å². The Balaban J connectivity index is 2.79. The highest BCUT2D eigenvalue weighted by Crippen LogP contribution is 2.20. The number of carboxylic acid groups (broad SMARTS) is 1. The molecule has 0 bridgehead atoms. The van der Waals surface area contributed by atoms with E-state index in [1.54, 1.807) is 37.3 Å². The zero-order chi connectivity index (χ0) is 12.9. The van der Waals surface area contributed by atoms with Gasteiger partial charge in [0.15, 0.2) is 0 Å². The molecule has 0 aliphatic heterocycles. The van der Waals surface area contributed by atoms with Crippen LogP contribution >= 0.6 is 0 Å². The fourth-order valence-electron chi connectivity index (χ4n) is 1.56. The fourth-order valence-corrected chi connectivity index (χ4v) is 2.44. The second-order valence-corrected chi connectivity index (χ2v) is 6.30. The average molecular weight is 256 g/mol. The van der Waals surface area contributed by atoms with Crippen LogP contribution in [0.4, 0.5) is 0 Å². The number of rotatable bonds is 6. The minimum absolute atomic E-state index is 0.0497. The fraction of sp³-hybridized carbons (Fsp3) is 0.417. The van der Waals surface area contributed by atoms with Crippen LogP contribution in [0.5, 0.6) is 0 Å². The molecule has 0 amide bonds. The number of sulfone groups is 1. The molecular weight excluding hydrogens is 240 g/mol. The third-order valence-corrected chi connectivity index (χ3v) is 4.39. The number of aliphatic carboxylic acids is 1. The van der Waals surface area contributed by atoms with Crippen LogP contribution in [-0.4, -0.2) is 31.0 Å². The van der Waals surface area contributed by atoms with Gasteiger partial charge in [-0.3, -0.25) is 4.79 Å². The van der Waals surface area contributed by atoms with Crippen LogP contribution in [0.3, 0.4) is 0 Å². The minimum Gasteiger partial charge on any atom is -0.481 e. The van der Waals surface area contributed by atoms with E-state index in [2.05, 4.69) is 0 Å². The monoisotopic (exact) mass is 256 g/mol. The molecule has 4 nitrogen and oxygen atoms in total. The van der Waals surface area contributed by atoms with Crippen LogP contribution in [-0.2, 0) is 14.6 Å². The van der Waals surface area contributed by atoms with E-state index in [-0.39, 0.29) is 17.9 Å². The number of carbonyl (C=O) groups is 1. The Hall–Kier alpha value is -1.36. The molecule has 94 valence electrons. The average Bonchev–Trinajstić information content (AvgIpc) is 2.30. The summed E-state index contributed by atoms with van der Waals surface area (Å²) in [7, 11) is -3.12. The first kappa shape index (κ1) is 13.7. The molecule has 0 radical (unpaired) electrons. The molecule has 1 unspecified atom stereocenters. The lowest BCUT2D eigenvalue weighted by molar-refractivity contribution is -0.138. The third-order valence-electron chi connectivity index (χ3n) is 2.66. The van der Waals surface area contributed by atoms with Crippen molar-refractivity contribution in [2.45, 2.75) is 19.3 Å². The summed E-state index contributed by atoms with van der Waals surface area (Å²) in [6.45, 7) is 1.56. The molecule has 0 saturated carbocycles. The van der Waals surface area contributed by atoms with Gasteiger partial charge in [0.25, 0.3) is 0 Å². The van der Waals surface area contributed by atoms with E-state index < -0.39 is 21.7 Å². The first-order valence-corrected chi connectivity index (χ1v) is 7.26. The molecule has 0 fully saturated rings. The van der Waals surface area contributed by atoms with Crippen LogP contribution < -0.4 is 0 Å². The number of hydrogen-bond acceptors (Lipinski definition) is 3. The molecule has 0 aliphatic carbocycles. The summed E-state index contributed by atoms with van der Waals surface area (Å²) >= 11 is 0. The van der Waals surface area contributed by atoms with E-state index in [1.807, 2.05) is 0 Å². The number of benzene rings is 1. The third kappa shape index (κ3) is 4.19. The SMILES string of the molecule is CCS(=O)(=O)CCC(C(=O)O)c1ccccc1. The predicted molar refractivity (Wildman–Crippen MR) is 65.8 cm³/mol.